The van der Waals surface area contributed by atoms with E-state index in [4.69, 9.17) is 9.47 Å². The first-order valence-electron chi connectivity index (χ1n) is 6.84. The Labute approximate surface area is 132 Å². The average molecular weight is 349 g/mol. The second kappa shape index (κ2) is 6.03. The lowest BCUT2D eigenvalue weighted by Crippen LogP contribution is -2.26. The summed E-state index contributed by atoms with van der Waals surface area (Å²) >= 11 is 3.52. The molecule has 0 aliphatic carbocycles. The van der Waals surface area contributed by atoms with Crippen LogP contribution in [0.25, 0.3) is 0 Å². The molecule has 0 saturated heterocycles. The molecule has 1 aromatic carbocycles. The zero-order chi connectivity index (χ0) is 14.8. The van der Waals surface area contributed by atoms with E-state index in [9.17, 15) is 0 Å². The van der Waals surface area contributed by atoms with Crippen LogP contribution in [0.4, 0.5) is 0 Å². The van der Waals surface area contributed by atoms with Crippen LogP contribution < -0.4 is 14.8 Å². The van der Waals surface area contributed by atoms with Gasteiger partial charge in [-0.05, 0) is 31.3 Å². The lowest BCUT2D eigenvalue weighted by atomic mass is 9.94. The second-order valence-corrected chi connectivity index (χ2v) is 5.92. The number of rotatable bonds is 3. The summed E-state index contributed by atoms with van der Waals surface area (Å²) in [7, 11) is 3.59. The van der Waals surface area contributed by atoms with E-state index in [0.717, 1.165) is 22.2 Å². The van der Waals surface area contributed by atoms with Crippen LogP contribution in [0.2, 0.25) is 0 Å². The van der Waals surface area contributed by atoms with Gasteiger partial charge in [0.1, 0.15) is 11.9 Å². The molecule has 3 rings (SSSR count). The summed E-state index contributed by atoms with van der Waals surface area (Å²) in [4.78, 5) is 4.26. The van der Waals surface area contributed by atoms with E-state index in [1.54, 1.807) is 7.11 Å². The summed E-state index contributed by atoms with van der Waals surface area (Å²) in [5, 5.41) is 3.36. The summed E-state index contributed by atoms with van der Waals surface area (Å²) in [6.07, 6.45) is 2.68. The van der Waals surface area contributed by atoms with Crippen LogP contribution in [-0.2, 0) is 0 Å². The quantitative estimate of drug-likeness (QED) is 0.919. The molecule has 0 amide bonds. The molecule has 1 aliphatic heterocycles. The summed E-state index contributed by atoms with van der Waals surface area (Å²) in [6.45, 7) is 0. The largest absolute Gasteiger partial charge is 0.485 e. The van der Waals surface area contributed by atoms with Gasteiger partial charge in [0, 0.05) is 40.3 Å². The number of ether oxygens (including phenoxy) is 2. The first-order chi connectivity index (χ1) is 10.2. The molecular formula is C16H17BrN2O2. The monoisotopic (exact) mass is 348 g/mol. The molecule has 2 heterocycles. The van der Waals surface area contributed by atoms with Gasteiger partial charge in [0.05, 0.1) is 7.11 Å². The van der Waals surface area contributed by atoms with Gasteiger partial charge in [-0.3, -0.25) is 0 Å². The van der Waals surface area contributed by atoms with E-state index in [2.05, 4.69) is 32.3 Å². The molecule has 0 radical (unpaired) electrons. The Morgan fingerprint density at radius 3 is 2.86 bits per heavy atom. The maximum atomic E-state index is 6.14. The number of aromatic nitrogens is 1. The Morgan fingerprint density at radius 2 is 2.19 bits per heavy atom. The van der Waals surface area contributed by atoms with Crippen molar-refractivity contribution in [1.82, 2.24) is 10.3 Å². The van der Waals surface area contributed by atoms with Crippen LogP contribution in [0.1, 0.15) is 29.7 Å². The fourth-order valence-corrected chi connectivity index (χ4v) is 3.00. The third-order valence-electron chi connectivity index (χ3n) is 3.75. The standard InChI is InChI=1S/C16H17BrN2O2/c1-18-13-8-15(10-3-6-16(20-2)19-9-10)21-14-5-4-11(17)7-12(13)14/h3-7,9,13,15,18H,8H2,1-2H3. The van der Waals surface area contributed by atoms with Crippen molar-refractivity contribution in [3.05, 3.63) is 52.1 Å². The first kappa shape index (κ1) is 14.4. The number of nitrogens with zero attached hydrogens (tertiary/aromatic N) is 1. The number of nitrogens with one attached hydrogen (secondary N) is 1. The van der Waals surface area contributed by atoms with E-state index in [-0.39, 0.29) is 12.1 Å². The molecule has 0 saturated carbocycles. The zero-order valence-corrected chi connectivity index (χ0v) is 13.6. The average Bonchev–Trinajstić information content (AvgIpc) is 2.54. The highest BCUT2D eigenvalue weighted by Gasteiger charge is 2.28. The van der Waals surface area contributed by atoms with Crippen molar-refractivity contribution in [2.75, 3.05) is 14.2 Å². The first-order valence-corrected chi connectivity index (χ1v) is 7.64. The maximum absolute atomic E-state index is 6.14. The van der Waals surface area contributed by atoms with Crippen LogP contribution in [0.5, 0.6) is 11.6 Å². The molecule has 2 unspecified atom stereocenters. The van der Waals surface area contributed by atoms with E-state index in [0.29, 0.717) is 5.88 Å². The van der Waals surface area contributed by atoms with Gasteiger partial charge in [-0.15, -0.1) is 0 Å². The van der Waals surface area contributed by atoms with Gasteiger partial charge in [0.2, 0.25) is 5.88 Å². The molecule has 21 heavy (non-hydrogen) atoms. The third-order valence-corrected chi connectivity index (χ3v) is 4.25. The molecule has 0 bridgehead atoms. The lowest BCUT2D eigenvalue weighted by molar-refractivity contribution is 0.153. The molecule has 2 aromatic rings. The third kappa shape index (κ3) is 2.89. The summed E-state index contributed by atoms with van der Waals surface area (Å²) in [5.41, 5.74) is 2.24. The number of fused-ring (bicyclic) bond motifs is 1. The molecule has 0 fully saturated rings. The van der Waals surface area contributed by atoms with Gasteiger partial charge in [-0.2, -0.15) is 0 Å². The predicted molar refractivity (Wildman–Crippen MR) is 84.7 cm³/mol. The van der Waals surface area contributed by atoms with Crippen molar-refractivity contribution in [3.8, 4) is 11.6 Å². The lowest BCUT2D eigenvalue weighted by Gasteiger charge is -2.32. The summed E-state index contributed by atoms with van der Waals surface area (Å²) in [6, 6.07) is 10.3. The van der Waals surface area contributed by atoms with Crippen LogP contribution in [0, 0.1) is 0 Å². The minimum Gasteiger partial charge on any atom is -0.485 e. The fraction of sp³-hybridized carbons (Fsp3) is 0.312. The topological polar surface area (TPSA) is 43.4 Å². The van der Waals surface area contributed by atoms with Gasteiger partial charge in [0.15, 0.2) is 0 Å². The highest BCUT2D eigenvalue weighted by molar-refractivity contribution is 9.10. The highest BCUT2D eigenvalue weighted by atomic mass is 79.9. The smallest absolute Gasteiger partial charge is 0.212 e. The second-order valence-electron chi connectivity index (χ2n) is 5.00. The number of halogens is 1. The summed E-state index contributed by atoms with van der Waals surface area (Å²) < 4.78 is 12.3. The molecule has 2 atom stereocenters. The maximum Gasteiger partial charge on any atom is 0.212 e. The van der Waals surface area contributed by atoms with Gasteiger partial charge >= 0.3 is 0 Å². The minimum absolute atomic E-state index is 0.00506. The Morgan fingerprint density at radius 1 is 1.33 bits per heavy atom. The van der Waals surface area contributed by atoms with Crippen LogP contribution in [-0.4, -0.2) is 19.1 Å². The normalized spacial score (nSPS) is 20.5. The van der Waals surface area contributed by atoms with Crippen molar-refractivity contribution < 1.29 is 9.47 Å². The van der Waals surface area contributed by atoms with E-state index in [1.807, 2.05) is 37.5 Å². The summed E-state index contributed by atoms with van der Waals surface area (Å²) in [5.74, 6) is 1.54. The highest BCUT2D eigenvalue weighted by Crippen LogP contribution is 2.41. The van der Waals surface area contributed by atoms with Crippen molar-refractivity contribution in [2.45, 2.75) is 18.6 Å². The van der Waals surface area contributed by atoms with Gasteiger partial charge < -0.3 is 14.8 Å². The predicted octanol–water partition coefficient (Wildman–Crippen LogP) is 3.64. The molecular weight excluding hydrogens is 332 g/mol. The zero-order valence-electron chi connectivity index (χ0n) is 12.0. The number of hydrogen-bond donors (Lipinski definition) is 1. The molecule has 1 aromatic heterocycles. The Balaban J connectivity index is 1.90. The SMILES string of the molecule is CNC1CC(c2ccc(OC)nc2)Oc2ccc(Br)cc21. The van der Waals surface area contributed by atoms with Gasteiger partial charge in [-0.25, -0.2) is 4.98 Å². The van der Waals surface area contributed by atoms with Crippen LogP contribution in [0.3, 0.4) is 0 Å². The van der Waals surface area contributed by atoms with Crippen LogP contribution >= 0.6 is 15.9 Å². The van der Waals surface area contributed by atoms with Crippen LogP contribution in [0.15, 0.2) is 41.0 Å². The Hall–Kier alpha value is -1.59. The Bertz CT molecular complexity index is 631. The molecule has 110 valence electrons. The fourth-order valence-electron chi connectivity index (χ4n) is 2.62. The number of hydrogen-bond acceptors (Lipinski definition) is 4. The molecule has 1 aliphatic rings. The van der Waals surface area contributed by atoms with Crippen molar-refractivity contribution >= 4 is 15.9 Å². The number of benzene rings is 1. The van der Waals surface area contributed by atoms with Crippen molar-refractivity contribution in [2.24, 2.45) is 0 Å². The van der Waals surface area contributed by atoms with E-state index in [1.165, 1.54) is 5.56 Å². The molecule has 0 spiro atoms. The van der Waals surface area contributed by atoms with Gasteiger partial charge in [-0.1, -0.05) is 15.9 Å². The minimum atomic E-state index is -0.00506. The van der Waals surface area contributed by atoms with E-state index < -0.39 is 0 Å². The number of methoxy groups -OCH3 is 1. The molecule has 4 nitrogen and oxygen atoms in total. The number of pyridine rings is 1. The molecule has 5 heteroatoms. The Kier molecular flexibility index (Phi) is 4.12. The van der Waals surface area contributed by atoms with Crippen molar-refractivity contribution in [3.63, 3.8) is 0 Å². The van der Waals surface area contributed by atoms with Gasteiger partial charge in [0.25, 0.3) is 0 Å². The van der Waals surface area contributed by atoms with E-state index >= 15 is 0 Å². The molecule has 1 N–H and O–H groups in total. The van der Waals surface area contributed by atoms with Crippen molar-refractivity contribution in [1.29, 1.82) is 0 Å².